The van der Waals surface area contributed by atoms with E-state index in [-0.39, 0.29) is 12.6 Å². The fourth-order valence-corrected chi connectivity index (χ4v) is 3.00. The number of hydrogen-bond donors (Lipinski definition) is 3. The Morgan fingerprint density at radius 1 is 1.27 bits per heavy atom. The molecule has 0 unspecified atom stereocenters. The van der Waals surface area contributed by atoms with E-state index in [0.717, 1.165) is 22.2 Å². The van der Waals surface area contributed by atoms with Crippen LogP contribution >= 0.6 is 0 Å². The van der Waals surface area contributed by atoms with E-state index in [1.54, 1.807) is 4.68 Å². The molecule has 0 aliphatic rings. The van der Waals surface area contributed by atoms with Crippen molar-refractivity contribution in [2.45, 2.75) is 20.0 Å². The lowest BCUT2D eigenvalue weighted by molar-refractivity contribution is -0.757. The van der Waals surface area contributed by atoms with Crippen molar-refractivity contribution in [2.75, 3.05) is 12.3 Å². The minimum absolute atomic E-state index is 0.0618. The van der Waals surface area contributed by atoms with Gasteiger partial charge in [-0.3, -0.25) is 0 Å². The first-order valence-electron chi connectivity index (χ1n) is 8.26. The van der Waals surface area contributed by atoms with Crippen LogP contribution in [0.1, 0.15) is 11.3 Å². The molecule has 9 heteroatoms. The molecule has 0 spiro atoms. The van der Waals surface area contributed by atoms with Gasteiger partial charge in [-0.05, 0) is 12.5 Å². The van der Waals surface area contributed by atoms with Crippen molar-refractivity contribution in [1.82, 2.24) is 30.1 Å². The van der Waals surface area contributed by atoms with Crippen LogP contribution in [0.5, 0.6) is 0 Å². The van der Waals surface area contributed by atoms with Crippen molar-refractivity contribution >= 4 is 16.9 Å². The molecule has 0 atom stereocenters. The molecular formula is C17H19N8O+. The molecule has 4 rings (SSSR count). The Morgan fingerprint density at radius 2 is 2.15 bits per heavy atom. The summed E-state index contributed by atoms with van der Waals surface area (Å²) in [6.07, 6.45) is 3.66. The Labute approximate surface area is 149 Å². The number of benzene rings is 1. The number of fused-ring (bicyclic) bond motifs is 1. The van der Waals surface area contributed by atoms with Gasteiger partial charge in [-0.25, -0.2) is 14.6 Å². The molecular weight excluding hydrogens is 332 g/mol. The maximum absolute atomic E-state index is 9.13. The first-order chi connectivity index (χ1) is 12.7. The molecule has 0 amide bonds. The van der Waals surface area contributed by atoms with Crippen molar-refractivity contribution in [1.29, 1.82) is 0 Å². The summed E-state index contributed by atoms with van der Waals surface area (Å²) in [6, 6.07) is 7.85. The van der Waals surface area contributed by atoms with Crippen molar-refractivity contribution in [2.24, 2.45) is 0 Å². The highest BCUT2D eigenvalue weighted by Crippen LogP contribution is 2.26. The molecule has 4 aromatic rings. The van der Waals surface area contributed by atoms with Crippen LogP contribution in [-0.2, 0) is 13.1 Å². The summed E-state index contributed by atoms with van der Waals surface area (Å²) in [4.78, 5) is 8.72. The number of nitrogens with zero attached hydrogens (tertiary/aromatic N) is 6. The molecule has 3 aromatic heterocycles. The molecule has 0 saturated heterocycles. The van der Waals surface area contributed by atoms with Gasteiger partial charge in [0.1, 0.15) is 24.5 Å². The van der Waals surface area contributed by atoms with Crippen LogP contribution < -0.4 is 10.4 Å². The molecule has 0 aliphatic heterocycles. The van der Waals surface area contributed by atoms with Gasteiger partial charge in [0, 0.05) is 11.5 Å². The quantitative estimate of drug-likeness (QED) is 0.448. The Morgan fingerprint density at radius 3 is 3.00 bits per heavy atom. The molecule has 0 aliphatic carbocycles. The number of nitrogen functional groups attached to an aromatic ring is 1. The van der Waals surface area contributed by atoms with E-state index >= 15 is 0 Å². The molecule has 132 valence electrons. The van der Waals surface area contributed by atoms with Gasteiger partial charge in [0.2, 0.25) is 11.6 Å². The van der Waals surface area contributed by atoms with E-state index in [1.807, 2.05) is 48.3 Å². The van der Waals surface area contributed by atoms with Gasteiger partial charge < -0.3 is 10.8 Å². The lowest BCUT2D eigenvalue weighted by Gasteiger charge is -2.06. The fourth-order valence-electron chi connectivity index (χ4n) is 3.00. The number of anilines is 1. The van der Waals surface area contributed by atoms with E-state index in [9.17, 15) is 0 Å². The maximum Gasteiger partial charge on any atom is 0.229 e. The summed E-state index contributed by atoms with van der Waals surface area (Å²) >= 11 is 0. The zero-order valence-electron chi connectivity index (χ0n) is 14.3. The summed E-state index contributed by atoms with van der Waals surface area (Å²) < 4.78 is 3.59. The number of aliphatic hydroxyl groups excluding tert-OH is 1. The third kappa shape index (κ3) is 2.88. The number of aromatic nitrogens is 7. The summed E-state index contributed by atoms with van der Waals surface area (Å²) in [5.74, 6) is 0.211. The van der Waals surface area contributed by atoms with Gasteiger partial charge in [-0.1, -0.05) is 23.4 Å². The predicted molar refractivity (Wildman–Crippen MR) is 94.9 cm³/mol. The number of H-pyrrole nitrogens is 1. The van der Waals surface area contributed by atoms with Gasteiger partial charge in [0.15, 0.2) is 6.54 Å². The smallest absolute Gasteiger partial charge is 0.229 e. The Kier molecular flexibility index (Phi) is 4.05. The highest BCUT2D eigenvalue weighted by molar-refractivity contribution is 5.93. The van der Waals surface area contributed by atoms with E-state index in [0.29, 0.717) is 24.5 Å². The lowest BCUT2D eigenvalue weighted by atomic mass is 10.1. The monoisotopic (exact) mass is 351 g/mol. The molecule has 0 saturated carbocycles. The zero-order chi connectivity index (χ0) is 18.1. The van der Waals surface area contributed by atoms with E-state index in [2.05, 4.69) is 25.4 Å². The van der Waals surface area contributed by atoms with Crippen molar-refractivity contribution < 1.29 is 9.79 Å². The van der Waals surface area contributed by atoms with Crippen molar-refractivity contribution in [3.63, 3.8) is 0 Å². The topological polar surface area (TPSA) is 122 Å². The van der Waals surface area contributed by atoms with Crippen LogP contribution in [0.2, 0.25) is 0 Å². The maximum atomic E-state index is 9.13. The number of rotatable bonds is 5. The Bertz CT molecular complexity index is 1070. The highest BCUT2D eigenvalue weighted by atomic mass is 16.3. The van der Waals surface area contributed by atoms with Gasteiger partial charge in [-0.15, -0.1) is 9.78 Å². The van der Waals surface area contributed by atoms with Gasteiger partial charge in [-0.2, -0.15) is 5.10 Å². The summed E-state index contributed by atoms with van der Waals surface area (Å²) in [5.41, 5.74) is 10.0. The summed E-state index contributed by atoms with van der Waals surface area (Å²) in [6.45, 7) is 3.07. The number of nitrogens with one attached hydrogen (secondary N) is 1. The van der Waals surface area contributed by atoms with Crippen LogP contribution in [0.4, 0.5) is 5.95 Å². The number of para-hydroxylation sites is 1. The average Bonchev–Trinajstić information content (AvgIpc) is 3.26. The second-order valence-corrected chi connectivity index (χ2v) is 6.03. The molecule has 3 heterocycles. The second kappa shape index (κ2) is 6.52. The van der Waals surface area contributed by atoms with Gasteiger partial charge in [0.25, 0.3) is 0 Å². The molecule has 0 bridgehead atoms. The summed E-state index contributed by atoms with van der Waals surface area (Å²) in [5, 5.41) is 21.5. The van der Waals surface area contributed by atoms with Crippen LogP contribution in [0, 0.1) is 6.92 Å². The summed E-state index contributed by atoms with van der Waals surface area (Å²) in [7, 11) is 0. The van der Waals surface area contributed by atoms with Gasteiger partial charge in [0.05, 0.1) is 17.9 Å². The molecule has 0 fully saturated rings. The van der Waals surface area contributed by atoms with Crippen LogP contribution in [-0.4, -0.2) is 41.8 Å². The number of hydrogen-bond acceptors (Lipinski definition) is 6. The molecule has 9 nitrogen and oxygen atoms in total. The zero-order valence-corrected chi connectivity index (χ0v) is 14.3. The largest absolute Gasteiger partial charge is 0.390 e. The van der Waals surface area contributed by atoms with Crippen molar-refractivity contribution in [3.05, 3.63) is 47.9 Å². The number of aryl methyl sites for hydroxylation is 1. The lowest BCUT2D eigenvalue weighted by Crippen LogP contribution is -2.41. The fraction of sp³-hybridized carbons (Fsp3) is 0.235. The third-order valence-corrected chi connectivity index (χ3v) is 4.23. The van der Waals surface area contributed by atoms with Gasteiger partial charge >= 0.3 is 0 Å². The normalized spacial score (nSPS) is 11.3. The molecule has 4 N–H and O–H groups in total. The first-order valence-corrected chi connectivity index (χ1v) is 8.26. The highest BCUT2D eigenvalue weighted by Gasteiger charge is 2.16. The van der Waals surface area contributed by atoms with E-state index in [4.69, 9.17) is 10.8 Å². The molecule has 26 heavy (non-hydrogen) atoms. The van der Waals surface area contributed by atoms with Crippen LogP contribution in [0.25, 0.3) is 22.3 Å². The number of nitrogens with two attached hydrogens (primary N) is 1. The minimum atomic E-state index is 0.0618. The van der Waals surface area contributed by atoms with Crippen LogP contribution in [0.15, 0.2) is 36.7 Å². The predicted octanol–water partition coefficient (Wildman–Crippen LogP) is 0.435. The Balaban J connectivity index is 1.71. The SMILES string of the molecule is Cc1cccc2c(-c3cn(Cc4cc[nH][n+]4CCO)nn3)nc(N)nc12. The van der Waals surface area contributed by atoms with E-state index in [1.165, 1.54) is 0 Å². The third-order valence-electron chi connectivity index (χ3n) is 4.23. The van der Waals surface area contributed by atoms with Crippen LogP contribution in [0.3, 0.4) is 0 Å². The average molecular weight is 351 g/mol. The molecule has 0 radical (unpaired) electrons. The number of aliphatic hydroxyl groups is 1. The minimum Gasteiger partial charge on any atom is -0.390 e. The van der Waals surface area contributed by atoms with Crippen molar-refractivity contribution in [3.8, 4) is 11.4 Å². The standard InChI is InChI=1S/C17H18N8O/c1-11-3-2-4-13-15(11)20-17(18)21-16(13)14-10-24(23-22-14)9-12-5-6-19-25(12)7-8-26/h2-6,10,26H,7-9H2,1H3,(H2,18,20,21)/p+1. The Hall–Kier alpha value is -3.33. The molecule has 1 aromatic carbocycles. The number of aromatic amines is 1. The van der Waals surface area contributed by atoms with E-state index < -0.39 is 0 Å². The second-order valence-electron chi connectivity index (χ2n) is 6.03. The first kappa shape index (κ1) is 16.2.